The summed E-state index contributed by atoms with van der Waals surface area (Å²) in [7, 11) is -3.13. The molecule has 1 atom stereocenters. The second-order valence-electron chi connectivity index (χ2n) is 6.30. The van der Waals surface area contributed by atoms with Gasteiger partial charge in [-0.3, -0.25) is 9.36 Å². The Labute approximate surface area is 150 Å². The SMILES string of the molecule is CCOC(=O)CC(c1cccc(CP(=O)(OCC)OCC)c1)C1CC1. The van der Waals surface area contributed by atoms with Crippen molar-refractivity contribution < 1.29 is 23.1 Å². The van der Waals surface area contributed by atoms with Gasteiger partial charge in [-0.2, -0.15) is 0 Å². The highest BCUT2D eigenvalue weighted by atomic mass is 31.2. The van der Waals surface area contributed by atoms with Crippen molar-refractivity contribution in [3.8, 4) is 0 Å². The first-order valence-electron chi connectivity index (χ1n) is 9.13. The second-order valence-corrected chi connectivity index (χ2v) is 8.36. The van der Waals surface area contributed by atoms with E-state index in [9.17, 15) is 9.36 Å². The van der Waals surface area contributed by atoms with Gasteiger partial charge in [-0.15, -0.1) is 0 Å². The van der Waals surface area contributed by atoms with E-state index in [1.165, 1.54) is 0 Å². The number of rotatable bonds is 11. The Kier molecular flexibility index (Phi) is 7.67. The molecule has 1 saturated carbocycles. The Bertz CT molecular complexity index is 602. The van der Waals surface area contributed by atoms with Crippen molar-refractivity contribution in [2.24, 2.45) is 5.92 Å². The summed E-state index contributed by atoms with van der Waals surface area (Å²) in [6.45, 7) is 6.55. The molecule has 0 radical (unpaired) electrons. The highest BCUT2D eigenvalue weighted by Gasteiger charge is 2.34. The quantitative estimate of drug-likeness (QED) is 0.411. The molecule has 25 heavy (non-hydrogen) atoms. The molecule has 1 aliphatic carbocycles. The minimum absolute atomic E-state index is 0.154. The van der Waals surface area contributed by atoms with Gasteiger partial charge in [0, 0.05) is 0 Å². The van der Waals surface area contributed by atoms with Crippen LogP contribution < -0.4 is 0 Å². The number of esters is 1. The summed E-state index contributed by atoms with van der Waals surface area (Å²) in [5, 5.41) is 0. The molecule has 0 aliphatic heterocycles. The summed E-state index contributed by atoms with van der Waals surface area (Å²) in [5.41, 5.74) is 2.02. The molecule has 6 heteroatoms. The fourth-order valence-corrected chi connectivity index (χ4v) is 4.81. The van der Waals surface area contributed by atoms with E-state index in [0.29, 0.717) is 32.2 Å². The molecule has 140 valence electrons. The van der Waals surface area contributed by atoms with Crippen LogP contribution in [0.1, 0.15) is 57.1 Å². The smallest absolute Gasteiger partial charge is 0.335 e. The number of ether oxygens (including phenoxy) is 1. The number of benzene rings is 1. The topological polar surface area (TPSA) is 61.8 Å². The van der Waals surface area contributed by atoms with Crippen molar-refractivity contribution in [3.63, 3.8) is 0 Å². The minimum atomic E-state index is -3.13. The predicted molar refractivity (Wildman–Crippen MR) is 97.7 cm³/mol. The second kappa shape index (κ2) is 9.51. The van der Waals surface area contributed by atoms with Gasteiger partial charge < -0.3 is 13.8 Å². The highest BCUT2D eigenvalue weighted by molar-refractivity contribution is 7.53. The zero-order valence-corrected chi connectivity index (χ0v) is 16.3. The van der Waals surface area contributed by atoms with E-state index in [2.05, 4.69) is 0 Å². The van der Waals surface area contributed by atoms with Crippen LogP contribution in [0.4, 0.5) is 0 Å². The predicted octanol–water partition coefficient (Wildman–Crippen LogP) is 4.90. The zero-order valence-electron chi connectivity index (χ0n) is 15.4. The summed E-state index contributed by atoms with van der Waals surface area (Å²) < 4.78 is 28.7. The van der Waals surface area contributed by atoms with Gasteiger partial charge in [0.1, 0.15) is 0 Å². The maximum Gasteiger partial charge on any atom is 0.335 e. The number of carbonyl (C=O) groups is 1. The Hall–Kier alpha value is -1.16. The van der Waals surface area contributed by atoms with Crippen LogP contribution in [0.3, 0.4) is 0 Å². The molecule has 1 unspecified atom stereocenters. The molecule has 5 nitrogen and oxygen atoms in total. The third-order valence-corrected chi connectivity index (χ3v) is 6.35. The molecule has 0 saturated heterocycles. The van der Waals surface area contributed by atoms with E-state index in [1.807, 2.05) is 45.0 Å². The van der Waals surface area contributed by atoms with Crippen molar-refractivity contribution in [3.05, 3.63) is 35.4 Å². The van der Waals surface area contributed by atoms with E-state index in [-0.39, 0.29) is 18.0 Å². The van der Waals surface area contributed by atoms with Gasteiger partial charge in [0.25, 0.3) is 0 Å². The molecule has 0 N–H and O–H groups in total. The molecule has 2 rings (SSSR count). The molecule has 1 aliphatic rings. The standard InChI is InChI=1S/C19H29O5P/c1-4-22-19(20)13-18(16-10-11-16)17-9-7-8-15(12-17)14-25(21,23-5-2)24-6-3/h7-9,12,16,18H,4-6,10-11,13-14H2,1-3H3. The molecule has 0 bridgehead atoms. The first kappa shape index (κ1) is 20.2. The van der Waals surface area contributed by atoms with E-state index in [4.69, 9.17) is 13.8 Å². The lowest BCUT2D eigenvalue weighted by atomic mass is 9.90. The van der Waals surface area contributed by atoms with Crippen LogP contribution in [-0.4, -0.2) is 25.8 Å². The molecule has 1 aromatic carbocycles. The molecule has 0 amide bonds. The number of hydrogen-bond donors (Lipinski definition) is 0. The average molecular weight is 368 g/mol. The van der Waals surface area contributed by atoms with Crippen LogP contribution in [0, 0.1) is 5.92 Å². The largest absolute Gasteiger partial charge is 0.466 e. The molecule has 0 aromatic heterocycles. The lowest BCUT2D eigenvalue weighted by molar-refractivity contribution is -0.143. The molecule has 1 fully saturated rings. The maximum atomic E-state index is 12.8. The summed E-state index contributed by atoms with van der Waals surface area (Å²) in [4.78, 5) is 11.9. The average Bonchev–Trinajstić information content (AvgIpc) is 3.38. The van der Waals surface area contributed by atoms with Gasteiger partial charge in [-0.05, 0) is 56.6 Å². The van der Waals surface area contributed by atoms with E-state index in [0.717, 1.165) is 24.0 Å². The van der Waals surface area contributed by atoms with Crippen molar-refractivity contribution in [1.29, 1.82) is 0 Å². The Morgan fingerprint density at radius 1 is 1.16 bits per heavy atom. The Balaban J connectivity index is 2.15. The van der Waals surface area contributed by atoms with Crippen molar-refractivity contribution in [2.75, 3.05) is 19.8 Å². The van der Waals surface area contributed by atoms with Crippen molar-refractivity contribution in [2.45, 2.75) is 52.1 Å². The first-order chi connectivity index (χ1) is 12.0. The van der Waals surface area contributed by atoms with Gasteiger partial charge >= 0.3 is 13.6 Å². The van der Waals surface area contributed by atoms with Crippen LogP contribution in [0.15, 0.2) is 24.3 Å². The molecule has 0 heterocycles. The number of carbonyl (C=O) groups excluding carboxylic acids is 1. The molecular formula is C19H29O5P. The monoisotopic (exact) mass is 368 g/mol. The number of hydrogen-bond acceptors (Lipinski definition) is 5. The van der Waals surface area contributed by atoms with Gasteiger partial charge in [0.2, 0.25) is 0 Å². The third-order valence-electron chi connectivity index (χ3n) is 4.29. The van der Waals surface area contributed by atoms with Gasteiger partial charge in [-0.25, -0.2) is 0 Å². The van der Waals surface area contributed by atoms with Crippen LogP contribution in [0.25, 0.3) is 0 Å². The lowest BCUT2D eigenvalue weighted by Crippen LogP contribution is -2.12. The third kappa shape index (κ3) is 6.25. The summed E-state index contributed by atoms with van der Waals surface area (Å²) in [6, 6.07) is 7.96. The van der Waals surface area contributed by atoms with Gasteiger partial charge in [-0.1, -0.05) is 24.3 Å². The van der Waals surface area contributed by atoms with Crippen LogP contribution >= 0.6 is 7.60 Å². The van der Waals surface area contributed by atoms with Gasteiger partial charge in [0.15, 0.2) is 0 Å². The van der Waals surface area contributed by atoms with Crippen LogP contribution in [0.5, 0.6) is 0 Å². The Morgan fingerprint density at radius 2 is 1.84 bits per heavy atom. The van der Waals surface area contributed by atoms with Crippen molar-refractivity contribution in [1.82, 2.24) is 0 Å². The fraction of sp³-hybridized carbons (Fsp3) is 0.632. The normalized spacial score (nSPS) is 15.8. The van der Waals surface area contributed by atoms with Crippen molar-refractivity contribution >= 4 is 13.6 Å². The first-order valence-corrected chi connectivity index (χ1v) is 10.9. The fourth-order valence-electron chi connectivity index (χ4n) is 3.12. The molecular weight excluding hydrogens is 339 g/mol. The summed E-state index contributed by atoms with van der Waals surface area (Å²) in [6.07, 6.45) is 2.94. The molecule has 0 spiro atoms. The zero-order chi connectivity index (χ0) is 18.3. The van der Waals surface area contributed by atoms with Gasteiger partial charge in [0.05, 0.1) is 32.4 Å². The lowest BCUT2D eigenvalue weighted by Gasteiger charge is -2.19. The Morgan fingerprint density at radius 3 is 2.40 bits per heavy atom. The molecule has 1 aromatic rings. The van der Waals surface area contributed by atoms with E-state index in [1.54, 1.807) is 0 Å². The van der Waals surface area contributed by atoms with Crippen LogP contribution in [0.2, 0.25) is 0 Å². The van der Waals surface area contributed by atoms with E-state index < -0.39 is 7.60 Å². The summed E-state index contributed by atoms with van der Waals surface area (Å²) >= 11 is 0. The minimum Gasteiger partial charge on any atom is -0.466 e. The maximum absolute atomic E-state index is 12.8. The summed E-state index contributed by atoms with van der Waals surface area (Å²) in [5.74, 6) is 0.543. The van der Waals surface area contributed by atoms with E-state index >= 15 is 0 Å². The van der Waals surface area contributed by atoms with Crippen LogP contribution in [-0.2, 0) is 29.3 Å². The highest BCUT2D eigenvalue weighted by Crippen LogP contribution is 2.52.